The summed E-state index contributed by atoms with van der Waals surface area (Å²) in [6.07, 6.45) is 2.28. The molecular formula is C29H25BrClN5O3. The molecule has 0 spiro atoms. The first-order chi connectivity index (χ1) is 18.8. The van der Waals surface area contributed by atoms with Crippen LogP contribution < -0.4 is 4.74 Å². The van der Waals surface area contributed by atoms with Gasteiger partial charge in [0.1, 0.15) is 12.2 Å². The first-order valence-corrected chi connectivity index (χ1v) is 13.7. The molecule has 5 aromatic rings. The van der Waals surface area contributed by atoms with E-state index in [4.69, 9.17) is 25.7 Å². The van der Waals surface area contributed by atoms with Crippen molar-refractivity contribution in [2.75, 3.05) is 6.54 Å². The number of pyridine rings is 1. The number of furan rings is 1. The Bertz CT molecular complexity index is 1710. The molecule has 1 amide bonds. The van der Waals surface area contributed by atoms with Gasteiger partial charge in [-0.15, -0.1) is 5.10 Å². The molecular weight excluding hydrogens is 582 g/mol. The molecule has 3 aromatic heterocycles. The maximum atomic E-state index is 14.0. The van der Waals surface area contributed by atoms with Crippen LogP contribution in [0.3, 0.4) is 0 Å². The predicted octanol–water partition coefficient (Wildman–Crippen LogP) is 6.43. The number of aryl methyl sites for hydroxylation is 3. The highest BCUT2D eigenvalue weighted by Crippen LogP contribution is 2.41. The Kier molecular flexibility index (Phi) is 6.64. The van der Waals surface area contributed by atoms with Crippen LogP contribution in [0.1, 0.15) is 38.4 Å². The van der Waals surface area contributed by atoms with Gasteiger partial charge in [0.05, 0.1) is 46.0 Å². The number of amides is 1. The van der Waals surface area contributed by atoms with Crippen LogP contribution in [-0.2, 0) is 26.6 Å². The van der Waals surface area contributed by atoms with Crippen molar-refractivity contribution in [1.29, 1.82) is 0 Å². The highest BCUT2D eigenvalue weighted by molar-refractivity contribution is 9.10. The molecule has 6 rings (SSSR count). The van der Waals surface area contributed by atoms with Crippen molar-refractivity contribution >= 4 is 44.4 Å². The van der Waals surface area contributed by atoms with Crippen LogP contribution in [0.15, 0.2) is 57.6 Å². The fourth-order valence-corrected chi connectivity index (χ4v) is 6.14. The van der Waals surface area contributed by atoms with E-state index >= 15 is 0 Å². The van der Waals surface area contributed by atoms with E-state index in [1.807, 2.05) is 63.4 Å². The number of carbonyl (C=O) groups excluding carboxylic acids is 1. The van der Waals surface area contributed by atoms with E-state index in [0.29, 0.717) is 47.2 Å². The first-order valence-electron chi connectivity index (χ1n) is 12.5. The van der Waals surface area contributed by atoms with E-state index in [1.54, 1.807) is 15.8 Å². The number of nitrogens with zero attached hydrogens (tertiary/aromatic N) is 5. The van der Waals surface area contributed by atoms with Gasteiger partial charge in [-0.25, -0.2) is 9.67 Å². The quantitative estimate of drug-likeness (QED) is 0.221. The molecule has 0 aliphatic carbocycles. The van der Waals surface area contributed by atoms with Gasteiger partial charge in [-0.1, -0.05) is 63.1 Å². The van der Waals surface area contributed by atoms with Crippen LogP contribution >= 0.6 is 27.5 Å². The molecule has 1 aliphatic heterocycles. The molecule has 8 nitrogen and oxygen atoms in total. The van der Waals surface area contributed by atoms with Crippen LogP contribution in [-0.4, -0.2) is 37.3 Å². The highest BCUT2D eigenvalue weighted by Gasteiger charge is 2.32. The van der Waals surface area contributed by atoms with Gasteiger partial charge in [0, 0.05) is 29.0 Å². The molecule has 198 valence electrons. The van der Waals surface area contributed by atoms with Crippen LogP contribution in [0.4, 0.5) is 0 Å². The van der Waals surface area contributed by atoms with Gasteiger partial charge >= 0.3 is 0 Å². The summed E-state index contributed by atoms with van der Waals surface area (Å²) < 4.78 is 14.6. The fraction of sp³-hybridized carbons (Fsp3) is 0.241. The molecule has 39 heavy (non-hydrogen) atoms. The number of aromatic nitrogens is 4. The van der Waals surface area contributed by atoms with Crippen LogP contribution in [0.2, 0.25) is 5.02 Å². The van der Waals surface area contributed by atoms with Crippen LogP contribution in [0, 0.1) is 13.8 Å². The average Bonchev–Trinajstić information content (AvgIpc) is 3.55. The van der Waals surface area contributed by atoms with Crippen LogP contribution in [0.5, 0.6) is 5.88 Å². The van der Waals surface area contributed by atoms with Crippen molar-refractivity contribution in [3.63, 3.8) is 0 Å². The molecule has 0 saturated carbocycles. The summed E-state index contributed by atoms with van der Waals surface area (Å²) in [5.41, 5.74) is 6.81. The highest BCUT2D eigenvalue weighted by atomic mass is 79.9. The summed E-state index contributed by atoms with van der Waals surface area (Å²) in [5, 5.41) is 9.55. The summed E-state index contributed by atoms with van der Waals surface area (Å²) in [6, 6.07) is 13.7. The second-order valence-electron chi connectivity index (χ2n) is 9.62. The third-order valence-corrected chi connectivity index (χ3v) is 8.22. The molecule has 0 bridgehead atoms. The molecule has 1 aliphatic rings. The first kappa shape index (κ1) is 25.6. The van der Waals surface area contributed by atoms with Crippen LogP contribution in [0.25, 0.3) is 22.2 Å². The Morgan fingerprint density at radius 3 is 2.69 bits per heavy atom. The maximum absolute atomic E-state index is 14.0. The third-order valence-electron chi connectivity index (χ3n) is 7.12. The number of fused-ring (bicyclic) bond motifs is 2. The van der Waals surface area contributed by atoms with Crippen molar-refractivity contribution in [2.45, 2.75) is 33.4 Å². The molecule has 10 heteroatoms. The molecule has 0 saturated heterocycles. The lowest BCUT2D eigenvalue weighted by Crippen LogP contribution is -2.37. The Morgan fingerprint density at radius 2 is 1.95 bits per heavy atom. The molecule has 0 atom stereocenters. The molecule has 0 N–H and O–H groups in total. The van der Waals surface area contributed by atoms with Gasteiger partial charge in [-0.05, 0) is 43.5 Å². The van der Waals surface area contributed by atoms with E-state index in [0.717, 1.165) is 43.6 Å². The van der Waals surface area contributed by atoms with E-state index in [9.17, 15) is 4.79 Å². The second-order valence-corrected chi connectivity index (χ2v) is 10.8. The number of hydrogen-bond donors (Lipinski definition) is 0. The summed E-state index contributed by atoms with van der Waals surface area (Å²) >= 11 is 10.6. The van der Waals surface area contributed by atoms with Gasteiger partial charge < -0.3 is 14.1 Å². The molecule has 0 unspecified atom stereocenters. The minimum absolute atomic E-state index is 0.161. The number of carbonyl (C=O) groups is 1. The number of ether oxygens (including phenoxy) is 1. The Hall–Kier alpha value is -3.69. The van der Waals surface area contributed by atoms with Gasteiger partial charge in [0.15, 0.2) is 0 Å². The van der Waals surface area contributed by atoms with E-state index in [1.165, 1.54) is 0 Å². The standard InChI is InChI=1S/C29H25BrClN5O3/c1-16-19-10-12-38-27(19)22(28(32-16)39-15-18-7-5-4-6-8-18)14-36-11-9-20-23(30)13-21(25(31)24(20)29(36)37)26-17(2)33-34-35(26)3/h4-8,10,12-13H,9,11,14-15H2,1-3H3. The molecule has 4 heterocycles. The zero-order valence-corrected chi connectivity index (χ0v) is 24.0. The summed E-state index contributed by atoms with van der Waals surface area (Å²) in [5.74, 6) is 0.292. The third kappa shape index (κ3) is 4.49. The summed E-state index contributed by atoms with van der Waals surface area (Å²) in [4.78, 5) is 20.5. The van der Waals surface area contributed by atoms with Gasteiger partial charge in [0.2, 0.25) is 5.88 Å². The van der Waals surface area contributed by atoms with Crippen molar-refractivity contribution in [2.24, 2.45) is 7.05 Å². The topological polar surface area (TPSA) is 86.3 Å². The van der Waals surface area contributed by atoms with Crippen molar-refractivity contribution in [3.8, 4) is 17.1 Å². The lowest BCUT2D eigenvalue weighted by atomic mass is 9.94. The van der Waals surface area contributed by atoms with Crippen molar-refractivity contribution in [3.05, 3.63) is 91.9 Å². The Labute approximate surface area is 238 Å². The number of benzene rings is 2. The lowest BCUT2D eigenvalue weighted by molar-refractivity contribution is 0.0725. The summed E-state index contributed by atoms with van der Waals surface area (Å²) in [7, 11) is 1.81. The smallest absolute Gasteiger partial charge is 0.256 e. The van der Waals surface area contributed by atoms with Gasteiger partial charge in [0.25, 0.3) is 5.91 Å². The Balaban J connectivity index is 1.38. The molecule has 2 aromatic carbocycles. The van der Waals surface area contributed by atoms with Crippen molar-refractivity contribution in [1.82, 2.24) is 24.9 Å². The zero-order valence-electron chi connectivity index (χ0n) is 21.7. The largest absolute Gasteiger partial charge is 0.472 e. The zero-order chi connectivity index (χ0) is 27.3. The SMILES string of the molecule is Cc1nnn(C)c1-c1cc(Br)c2c(c1Cl)C(=O)N(Cc1c(OCc3ccccc3)nc(C)c3ccoc13)CC2. The minimum Gasteiger partial charge on any atom is -0.472 e. The average molecular weight is 607 g/mol. The Morgan fingerprint density at radius 1 is 1.15 bits per heavy atom. The van der Waals surface area contributed by atoms with Gasteiger partial charge in [-0.2, -0.15) is 0 Å². The van der Waals surface area contributed by atoms with Gasteiger partial charge in [-0.3, -0.25) is 4.79 Å². The minimum atomic E-state index is -0.161. The maximum Gasteiger partial charge on any atom is 0.256 e. The monoisotopic (exact) mass is 605 g/mol. The molecule has 0 radical (unpaired) electrons. The number of rotatable bonds is 6. The van der Waals surface area contributed by atoms with E-state index in [-0.39, 0.29) is 12.5 Å². The second kappa shape index (κ2) is 10.1. The molecule has 0 fully saturated rings. The van der Waals surface area contributed by atoms with E-state index in [2.05, 4.69) is 26.2 Å². The van der Waals surface area contributed by atoms with E-state index < -0.39 is 0 Å². The van der Waals surface area contributed by atoms with Crippen molar-refractivity contribution < 1.29 is 13.9 Å². The number of hydrogen-bond acceptors (Lipinski definition) is 6. The lowest BCUT2D eigenvalue weighted by Gasteiger charge is -2.31. The number of halogens is 2. The fourth-order valence-electron chi connectivity index (χ4n) is 5.17. The predicted molar refractivity (Wildman–Crippen MR) is 152 cm³/mol. The summed E-state index contributed by atoms with van der Waals surface area (Å²) in [6.45, 7) is 4.93. The normalized spacial score (nSPS) is 13.3.